The summed E-state index contributed by atoms with van der Waals surface area (Å²) in [6.07, 6.45) is 4.33. The number of piperazine rings is 1. The van der Waals surface area contributed by atoms with Gasteiger partial charge >= 0.3 is 0 Å². The number of aromatic nitrogens is 2. The Morgan fingerprint density at radius 1 is 1.54 bits per heavy atom. The highest BCUT2D eigenvalue weighted by Gasteiger charge is 2.33. The second kappa shape index (κ2) is 7.02. The lowest BCUT2D eigenvalue weighted by Crippen LogP contribution is -2.57. The molecule has 2 aliphatic heterocycles. The number of aliphatic hydroxyl groups is 1. The van der Waals surface area contributed by atoms with Crippen molar-refractivity contribution >= 4 is 29.3 Å². The molecule has 2 aliphatic rings. The highest BCUT2D eigenvalue weighted by molar-refractivity contribution is 7.99. The monoisotopic (exact) mass is 352 g/mol. The van der Waals surface area contributed by atoms with Crippen molar-refractivity contribution in [2.75, 3.05) is 49.6 Å². The predicted octanol–water partition coefficient (Wildman–Crippen LogP) is -0.488. The first-order valence-electron chi connectivity index (χ1n) is 8.05. The van der Waals surface area contributed by atoms with Crippen molar-refractivity contribution in [3.05, 3.63) is 12.4 Å². The van der Waals surface area contributed by atoms with Crippen LogP contribution in [-0.2, 0) is 11.8 Å². The van der Waals surface area contributed by atoms with Gasteiger partial charge in [-0.3, -0.25) is 14.5 Å². The standard InChI is InChI=1S/C15H24N6O2S/c1-16-14(17-10-15(23)3-6-24-11-15)20-4-5-21(13(22)9-20)12-7-18-19(2)8-12/h7-8,23H,3-6,9-11H2,1-2H3,(H,16,17). The fourth-order valence-electron chi connectivity index (χ4n) is 2.99. The van der Waals surface area contributed by atoms with E-state index < -0.39 is 5.60 Å². The summed E-state index contributed by atoms with van der Waals surface area (Å²) in [7, 11) is 3.54. The quantitative estimate of drug-likeness (QED) is 0.564. The number of hydrogen-bond acceptors (Lipinski definition) is 5. The van der Waals surface area contributed by atoms with Gasteiger partial charge in [-0.15, -0.1) is 0 Å². The number of thioether (sulfide) groups is 1. The molecule has 0 saturated carbocycles. The SMILES string of the molecule is CN=C(NCC1(O)CCSC1)N1CCN(c2cnn(C)c2)C(=O)C1. The summed E-state index contributed by atoms with van der Waals surface area (Å²) in [6.45, 7) is 2.00. The zero-order valence-corrected chi connectivity index (χ0v) is 14.9. The largest absolute Gasteiger partial charge is 0.387 e. The molecule has 2 fully saturated rings. The van der Waals surface area contributed by atoms with Gasteiger partial charge in [0.25, 0.3) is 0 Å². The van der Waals surface area contributed by atoms with Gasteiger partial charge in [0.1, 0.15) is 6.54 Å². The third kappa shape index (κ3) is 3.67. The molecule has 2 saturated heterocycles. The van der Waals surface area contributed by atoms with Crippen molar-refractivity contribution in [3.63, 3.8) is 0 Å². The van der Waals surface area contributed by atoms with Gasteiger partial charge in [-0.1, -0.05) is 0 Å². The summed E-state index contributed by atoms with van der Waals surface area (Å²) < 4.78 is 1.69. The van der Waals surface area contributed by atoms with Gasteiger partial charge in [-0.05, 0) is 12.2 Å². The summed E-state index contributed by atoms with van der Waals surface area (Å²) in [5.41, 5.74) is 0.143. The zero-order valence-electron chi connectivity index (χ0n) is 14.1. The number of guanidine groups is 1. The third-order valence-corrected chi connectivity index (χ3v) is 5.63. The molecule has 9 heteroatoms. The second-order valence-electron chi connectivity index (χ2n) is 6.27. The van der Waals surface area contributed by atoms with Crippen LogP contribution in [0.2, 0.25) is 0 Å². The minimum absolute atomic E-state index is 0.0207. The molecule has 1 amide bonds. The molecule has 3 rings (SSSR count). The molecule has 0 radical (unpaired) electrons. The van der Waals surface area contributed by atoms with Crippen molar-refractivity contribution in [1.82, 2.24) is 20.0 Å². The van der Waals surface area contributed by atoms with Crippen molar-refractivity contribution in [1.29, 1.82) is 0 Å². The van der Waals surface area contributed by atoms with E-state index in [1.165, 1.54) is 0 Å². The maximum atomic E-state index is 12.5. The van der Waals surface area contributed by atoms with Crippen LogP contribution in [0.5, 0.6) is 0 Å². The summed E-state index contributed by atoms with van der Waals surface area (Å²) in [6, 6.07) is 0. The molecule has 2 N–H and O–H groups in total. The predicted molar refractivity (Wildman–Crippen MR) is 95.4 cm³/mol. The van der Waals surface area contributed by atoms with Crippen LogP contribution < -0.4 is 10.2 Å². The molecule has 0 spiro atoms. The molecule has 24 heavy (non-hydrogen) atoms. The number of carbonyl (C=O) groups excluding carboxylic acids is 1. The van der Waals surface area contributed by atoms with Gasteiger partial charge in [0.05, 0.1) is 17.5 Å². The van der Waals surface area contributed by atoms with Crippen molar-refractivity contribution in [2.24, 2.45) is 12.0 Å². The number of rotatable bonds is 3. The van der Waals surface area contributed by atoms with Gasteiger partial charge in [-0.2, -0.15) is 16.9 Å². The molecule has 1 aromatic rings. The molecule has 0 aliphatic carbocycles. The number of nitrogens with one attached hydrogen (secondary N) is 1. The van der Waals surface area contributed by atoms with E-state index >= 15 is 0 Å². The van der Waals surface area contributed by atoms with Crippen LogP contribution >= 0.6 is 11.8 Å². The van der Waals surface area contributed by atoms with Crippen LogP contribution in [0.4, 0.5) is 5.69 Å². The lowest BCUT2D eigenvalue weighted by atomic mass is 10.0. The molecule has 0 aromatic carbocycles. The molecule has 1 atom stereocenters. The van der Waals surface area contributed by atoms with Crippen LogP contribution in [0.3, 0.4) is 0 Å². The minimum Gasteiger partial charge on any atom is -0.387 e. The van der Waals surface area contributed by atoms with Gasteiger partial charge in [-0.25, -0.2) is 0 Å². The Morgan fingerprint density at radius 2 is 2.38 bits per heavy atom. The average Bonchev–Trinajstić information content (AvgIpc) is 3.17. The number of aliphatic imine (C=N–C) groups is 1. The summed E-state index contributed by atoms with van der Waals surface area (Å²) >= 11 is 1.76. The molecule has 8 nitrogen and oxygen atoms in total. The Balaban J connectivity index is 1.58. The van der Waals surface area contributed by atoms with E-state index in [0.29, 0.717) is 25.6 Å². The normalized spacial score (nSPS) is 25.5. The maximum absolute atomic E-state index is 12.5. The van der Waals surface area contributed by atoms with E-state index in [-0.39, 0.29) is 12.5 Å². The topological polar surface area (TPSA) is 86.0 Å². The van der Waals surface area contributed by atoms with Crippen LogP contribution in [0.15, 0.2) is 17.4 Å². The Morgan fingerprint density at radius 3 is 2.96 bits per heavy atom. The molecular formula is C15H24N6O2S. The number of carbonyl (C=O) groups is 1. The van der Waals surface area contributed by atoms with Crippen LogP contribution in [0.25, 0.3) is 0 Å². The van der Waals surface area contributed by atoms with Crippen molar-refractivity contribution in [3.8, 4) is 0 Å². The highest BCUT2D eigenvalue weighted by Crippen LogP contribution is 2.27. The van der Waals surface area contributed by atoms with E-state index in [2.05, 4.69) is 15.4 Å². The second-order valence-corrected chi connectivity index (χ2v) is 7.37. The molecule has 3 heterocycles. The Kier molecular flexibility index (Phi) is 5.00. The first kappa shape index (κ1) is 17.1. The molecular weight excluding hydrogens is 328 g/mol. The van der Waals surface area contributed by atoms with E-state index in [4.69, 9.17) is 0 Å². The minimum atomic E-state index is -0.678. The number of anilines is 1. The molecule has 1 unspecified atom stereocenters. The van der Waals surface area contributed by atoms with E-state index in [0.717, 1.165) is 23.6 Å². The summed E-state index contributed by atoms with van der Waals surface area (Å²) in [4.78, 5) is 20.4. The van der Waals surface area contributed by atoms with Crippen LogP contribution in [0.1, 0.15) is 6.42 Å². The van der Waals surface area contributed by atoms with Crippen LogP contribution in [-0.4, -0.2) is 82.0 Å². The maximum Gasteiger partial charge on any atom is 0.246 e. The lowest BCUT2D eigenvalue weighted by Gasteiger charge is -2.36. The fourth-order valence-corrected chi connectivity index (χ4v) is 4.28. The smallest absolute Gasteiger partial charge is 0.246 e. The van der Waals surface area contributed by atoms with Gasteiger partial charge in [0.15, 0.2) is 5.96 Å². The number of nitrogens with zero attached hydrogens (tertiary/aromatic N) is 5. The van der Waals surface area contributed by atoms with Gasteiger partial charge < -0.3 is 20.2 Å². The first-order chi connectivity index (χ1) is 11.5. The van der Waals surface area contributed by atoms with Crippen molar-refractivity contribution in [2.45, 2.75) is 12.0 Å². The van der Waals surface area contributed by atoms with Crippen LogP contribution in [0, 0.1) is 0 Å². The Hall–Kier alpha value is -1.74. The molecule has 1 aromatic heterocycles. The number of amides is 1. The number of hydrogen-bond donors (Lipinski definition) is 2. The first-order valence-corrected chi connectivity index (χ1v) is 9.21. The zero-order chi connectivity index (χ0) is 17.2. The van der Waals surface area contributed by atoms with Gasteiger partial charge in [0.2, 0.25) is 5.91 Å². The van der Waals surface area contributed by atoms with Gasteiger partial charge in [0, 0.05) is 45.7 Å². The Labute approximate surface area is 145 Å². The van der Waals surface area contributed by atoms with E-state index in [1.807, 2.05) is 18.1 Å². The lowest BCUT2D eigenvalue weighted by molar-refractivity contribution is -0.120. The molecule has 0 bridgehead atoms. The highest BCUT2D eigenvalue weighted by atomic mass is 32.2. The average molecular weight is 352 g/mol. The Bertz CT molecular complexity index is 625. The molecule has 132 valence electrons. The summed E-state index contributed by atoms with van der Waals surface area (Å²) in [5.74, 6) is 2.41. The third-order valence-electron chi connectivity index (χ3n) is 4.39. The van der Waals surface area contributed by atoms with E-state index in [9.17, 15) is 9.90 Å². The van der Waals surface area contributed by atoms with E-state index in [1.54, 1.807) is 34.6 Å². The number of aryl methyl sites for hydroxylation is 1. The summed E-state index contributed by atoms with van der Waals surface area (Å²) in [5, 5.41) is 17.8. The fraction of sp³-hybridized carbons (Fsp3) is 0.667. The van der Waals surface area contributed by atoms with Crippen molar-refractivity contribution < 1.29 is 9.90 Å².